The van der Waals surface area contributed by atoms with Gasteiger partial charge < -0.3 is 19.8 Å². The van der Waals surface area contributed by atoms with Crippen molar-refractivity contribution in [1.82, 2.24) is 9.97 Å². The van der Waals surface area contributed by atoms with Gasteiger partial charge in [-0.25, -0.2) is 0 Å². The Hall–Kier alpha value is -3.80. The Bertz CT molecular complexity index is 1210. The Morgan fingerprint density at radius 3 is 2.89 bits per heavy atom. The molecule has 1 amide bonds. The fourth-order valence-electron chi connectivity index (χ4n) is 3.18. The van der Waals surface area contributed by atoms with Gasteiger partial charge >= 0.3 is 0 Å². The van der Waals surface area contributed by atoms with E-state index < -0.39 is 0 Å². The predicted molar refractivity (Wildman–Crippen MR) is 104 cm³/mol. The van der Waals surface area contributed by atoms with Crippen molar-refractivity contribution in [2.24, 2.45) is 0 Å². The van der Waals surface area contributed by atoms with Gasteiger partial charge in [-0.3, -0.25) is 9.78 Å². The molecule has 132 valence electrons. The summed E-state index contributed by atoms with van der Waals surface area (Å²) in [6.45, 7) is 0.203. The Balaban J connectivity index is 1.37. The number of hydrogen-bond donors (Lipinski definition) is 2. The molecule has 4 aromatic rings. The van der Waals surface area contributed by atoms with Crippen LogP contribution in [0.5, 0.6) is 11.5 Å². The summed E-state index contributed by atoms with van der Waals surface area (Å²) in [5.41, 5.74) is 3.40. The Morgan fingerprint density at radius 1 is 1.04 bits per heavy atom. The molecular weight excluding hydrogens is 342 g/mol. The number of rotatable bonds is 3. The first kappa shape index (κ1) is 15.5. The molecule has 2 aromatic carbocycles. The third-order valence-electron chi connectivity index (χ3n) is 4.46. The first-order chi connectivity index (χ1) is 13.3. The molecule has 0 fully saturated rings. The zero-order chi connectivity index (χ0) is 18.2. The van der Waals surface area contributed by atoms with E-state index in [2.05, 4.69) is 21.4 Å². The van der Waals surface area contributed by atoms with Crippen molar-refractivity contribution in [1.29, 1.82) is 0 Å². The predicted octanol–water partition coefficient (Wildman–Crippen LogP) is 4.10. The molecule has 0 unspecified atom stereocenters. The second-order valence-electron chi connectivity index (χ2n) is 6.22. The van der Waals surface area contributed by atoms with Gasteiger partial charge in [0.1, 0.15) is 0 Å². The largest absolute Gasteiger partial charge is 0.454 e. The molecule has 0 spiro atoms. The minimum Gasteiger partial charge on any atom is -0.454 e. The van der Waals surface area contributed by atoms with Crippen molar-refractivity contribution in [3.8, 4) is 11.5 Å². The molecule has 0 bridgehead atoms. The van der Waals surface area contributed by atoms with Crippen LogP contribution in [-0.2, 0) is 4.79 Å². The summed E-state index contributed by atoms with van der Waals surface area (Å²) in [5, 5.41) is 5.02. The molecule has 6 nitrogen and oxygen atoms in total. The topological polar surface area (TPSA) is 76.2 Å². The van der Waals surface area contributed by atoms with Crippen LogP contribution in [0.2, 0.25) is 0 Å². The van der Waals surface area contributed by atoms with E-state index >= 15 is 0 Å². The smallest absolute Gasteiger partial charge is 0.248 e. The number of carbonyl (C=O) groups excluding carboxylic acids is 1. The van der Waals surface area contributed by atoms with Crippen molar-refractivity contribution < 1.29 is 14.3 Å². The van der Waals surface area contributed by atoms with Crippen LogP contribution in [0.4, 0.5) is 5.69 Å². The van der Waals surface area contributed by atoms with Gasteiger partial charge in [0.05, 0.1) is 17.4 Å². The third kappa shape index (κ3) is 2.87. The molecule has 0 atom stereocenters. The highest BCUT2D eigenvalue weighted by Crippen LogP contribution is 2.34. The highest BCUT2D eigenvalue weighted by Gasteiger charge is 2.13. The molecule has 5 rings (SSSR count). The number of carbonyl (C=O) groups is 1. The number of pyridine rings is 1. The maximum absolute atomic E-state index is 12.2. The third-order valence-corrected chi connectivity index (χ3v) is 4.46. The van der Waals surface area contributed by atoms with Gasteiger partial charge in [-0.1, -0.05) is 18.2 Å². The number of nitrogens with zero attached hydrogens (tertiary/aromatic N) is 1. The maximum atomic E-state index is 12.2. The maximum Gasteiger partial charge on any atom is 0.248 e. The lowest BCUT2D eigenvalue weighted by Crippen LogP contribution is -2.07. The molecule has 1 aliphatic heterocycles. The lowest BCUT2D eigenvalue weighted by atomic mass is 10.1. The summed E-state index contributed by atoms with van der Waals surface area (Å²) in [6, 6.07) is 15.3. The number of anilines is 1. The number of benzene rings is 2. The van der Waals surface area contributed by atoms with Crippen LogP contribution in [-0.4, -0.2) is 22.7 Å². The van der Waals surface area contributed by atoms with Gasteiger partial charge in [0, 0.05) is 34.1 Å². The number of H-pyrrole nitrogens is 1. The normalized spacial score (nSPS) is 12.9. The number of amides is 1. The summed E-state index contributed by atoms with van der Waals surface area (Å²) in [7, 11) is 0. The second kappa shape index (κ2) is 6.17. The molecule has 0 aliphatic carbocycles. The van der Waals surface area contributed by atoms with Crippen LogP contribution < -0.4 is 14.8 Å². The van der Waals surface area contributed by atoms with E-state index in [1.807, 2.05) is 24.3 Å². The van der Waals surface area contributed by atoms with E-state index in [1.165, 1.54) is 6.08 Å². The minimum atomic E-state index is -0.241. The van der Waals surface area contributed by atoms with E-state index in [-0.39, 0.29) is 12.7 Å². The number of hydrogen-bond acceptors (Lipinski definition) is 4. The zero-order valence-corrected chi connectivity index (χ0v) is 14.2. The van der Waals surface area contributed by atoms with Crippen LogP contribution in [0.1, 0.15) is 5.69 Å². The lowest BCUT2D eigenvalue weighted by molar-refractivity contribution is -0.111. The van der Waals surface area contributed by atoms with Crippen molar-refractivity contribution in [3.05, 3.63) is 66.5 Å². The fourth-order valence-corrected chi connectivity index (χ4v) is 3.18. The fraction of sp³-hybridized carbons (Fsp3) is 0.0476. The second-order valence-corrected chi connectivity index (χ2v) is 6.22. The molecule has 2 aromatic heterocycles. The number of ether oxygens (including phenoxy) is 2. The molecular formula is C21H15N3O3. The number of aromatic amines is 1. The van der Waals surface area contributed by atoms with Crippen molar-refractivity contribution >= 4 is 39.5 Å². The lowest BCUT2D eigenvalue weighted by Gasteiger charge is -2.03. The molecule has 6 heteroatoms. The van der Waals surface area contributed by atoms with E-state index in [0.29, 0.717) is 22.9 Å². The van der Waals surface area contributed by atoms with Crippen LogP contribution in [0.15, 0.2) is 60.8 Å². The minimum absolute atomic E-state index is 0.203. The van der Waals surface area contributed by atoms with E-state index in [1.54, 1.807) is 30.5 Å². The monoisotopic (exact) mass is 357 g/mol. The summed E-state index contributed by atoms with van der Waals surface area (Å²) >= 11 is 0. The number of nitrogens with one attached hydrogen (secondary N) is 2. The molecule has 3 heterocycles. The first-order valence-corrected chi connectivity index (χ1v) is 8.51. The quantitative estimate of drug-likeness (QED) is 0.541. The molecule has 0 saturated carbocycles. The Kier molecular flexibility index (Phi) is 3.53. The Labute approximate surface area is 154 Å². The van der Waals surface area contributed by atoms with Crippen molar-refractivity contribution in [3.63, 3.8) is 0 Å². The number of aromatic nitrogens is 2. The van der Waals surface area contributed by atoms with Gasteiger partial charge in [0.25, 0.3) is 0 Å². The highest BCUT2D eigenvalue weighted by molar-refractivity contribution is 6.07. The zero-order valence-electron chi connectivity index (χ0n) is 14.2. The summed E-state index contributed by atoms with van der Waals surface area (Å²) in [6.07, 6.45) is 4.95. The number of fused-ring (bicyclic) bond motifs is 4. The molecule has 2 N–H and O–H groups in total. The van der Waals surface area contributed by atoms with E-state index in [9.17, 15) is 4.79 Å². The van der Waals surface area contributed by atoms with Gasteiger partial charge in [-0.05, 0) is 30.3 Å². The first-order valence-electron chi connectivity index (χ1n) is 8.51. The highest BCUT2D eigenvalue weighted by atomic mass is 16.7. The van der Waals surface area contributed by atoms with Crippen LogP contribution >= 0.6 is 0 Å². The van der Waals surface area contributed by atoms with E-state index in [0.717, 1.165) is 21.8 Å². The van der Waals surface area contributed by atoms with Crippen molar-refractivity contribution in [2.45, 2.75) is 0 Å². The van der Waals surface area contributed by atoms with Crippen LogP contribution in [0.3, 0.4) is 0 Å². The Morgan fingerprint density at radius 2 is 1.93 bits per heavy atom. The molecule has 27 heavy (non-hydrogen) atoms. The van der Waals surface area contributed by atoms with Gasteiger partial charge in [0.2, 0.25) is 12.7 Å². The van der Waals surface area contributed by atoms with Crippen molar-refractivity contribution in [2.75, 3.05) is 12.1 Å². The average molecular weight is 357 g/mol. The summed E-state index contributed by atoms with van der Waals surface area (Å²) < 4.78 is 10.6. The standard InChI is InChI=1S/C21H15N3O3/c25-21(23-14-5-7-19-20(10-14)27-12-26-19)8-6-13-9-16-15-3-1-2-4-17(15)24-18(16)11-22-13/h1-11,24H,12H2,(H,23,25)/b8-6+. The summed E-state index contributed by atoms with van der Waals surface area (Å²) in [5.74, 6) is 1.07. The molecule has 0 saturated heterocycles. The SMILES string of the molecule is O=C(/C=C/c1cc2c(cn1)[nH]c1ccccc12)Nc1ccc2c(c1)OCO2. The van der Waals surface area contributed by atoms with Gasteiger partial charge in [-0.2, -0.15) is 0 Å². The summed E-state index contributed by atoms with van der Waals surface area (Å²) in [4.78, 5) is 19.9. The molecule has 1 aliphatic rings. The molecule has 0 radical (unpaired) electrons. The van der Waals surface area contributed by atoms with Crippen LogP contribution in [0, 0.1) is 0 Å². The van der Waals surface area contributed by atoms with Crippen LogP contribution in [0.25, 0.3) is 27.9 Å². The average Bonchev–Trinajstić information content (AvgIpc) is 3.30. The van der Waals surface area contributed by atoms with Gasteiger partial charge in [0.15, 0.2) is 11.5 Å². The van der Waals surface area contributed by atoms with E-state index in [4.69, 9.17) is 9.47 Å². The van der Waals surface area contributed by atoms with Gasteiger partial charge in [-0.15, -0.1) is 0 Å². The number of para-hydroxylation sites is 1.